The number of halogens is 1. The van der Waals surface area contributed by atoms with Crippen LogP contribution in [-0.2, 0) is 11.3 Å². The molecule has 0 unspecified atom stereocenters. The van der Waals surface area contributed by atoms with Crippen LogP contribution in [0.3, 0.4) is 0 Å². The lowest BCUT2D eigenvalue weighted by molar-refractivity contribution is 0.0214. The molecule has 0 radical (unpaired) electrons. The van der Waals surface area contributed by atoms with E-state index in [-0.39, 0.29) is 49.7 Å². The highest BCUT2D eigenvalue weighted by Gasteiger charge is 2.48. The smallest absolute Gasteiger partial charge is 0.410 e. The topological polar surface area (TPSA) is 129 Å². The molecule has 2 bridgehead atoms. The van der Waals surface area contributed by atoms with Crippen LogP contribution in [0.15, 0.2) is 42.6 Å². The number of ether oxygens (including phenoxy) is 2. The fourth-order valence-electron chi connectivity index (χ4n) is 7.63. The molecule has 1 saturated carbocycles. The first kappa shape index (κ1) is 33.7. The number of H-pyrrole nitrogens is 1. The third kappa shape index (κ3) is 6.13. The van der Waals surface area contributed by atoms with Crippen LogP contribution in [0.4, 0.5) is 21.0 Å². The molecule has 3 fully saturated rings. The Kier molecular flexibility index (Phi) is 8.41. The molecular formula is C40H42FN7O4. The first-order valence-electron chi connectivity index (χ1n) is 17.8. The average molecular weight is 704 g/mol. The molecule has 268 valence electrons. The second-order valence-corrected chi connectivity index (χ2v) is 15.0. The van der Waals surface area contributed by atoms with E-state index in [0.717, 1.165) is 58.1 Å². The van der Waals surface area contributed by atoms with Gasteiger partial charge in [-0.3, -0.25) is 5.10 Å². The van der Waals surface area contributed by atoms with Crippen molar-refractivity contribution in [2.75, 3.05) is 36.5 Å². The number of piperazine rings is 1. The number of terminal acetylenes is 1. The van der Waals surface area contributed by atoms with E-state index in [1.807, 2.05) is 49.9 Å². The Morgan fingerprint density at radius 2 is 1.90 bits per heavy atom. The van der Waals surface area contributed by atoms with Crippen LogP contribution in [0.2, 0.25) is 0 Å². The molecule has 1 amide bonds. The second kappa shape index (κ2) is 13.0. The van der Waals surface area contributed by atoms with Gasteiger partial charge in [-0.2, -0.15) is 10.1 Å². The minimum absolute atomic E-state index is 0.0143. The number of carbonyl (C=O) groups is 1. The van der Waals surface area contributed by atoms with Crippen molar-refractivity contribution in [3.63, 3.8) is 0 Å². The Morgan fingerprint density at radius 1 is 1.12 bits per heavy atom. The zero-order chi connectivity index (χ0) is 36.3. The molecule has 5 aromatic rings. The summed E-state index contributed by atoms with van der Waals surface area (Å²) in [6.45, 7) is 8.84. The Balaban J connectivity index is 1.32. The van der Waals surface area contributed by atoms with Crippen molar-refractivity contribution in [1.29, 1.82) is 0 Å². The first-order chi connectivity index (χ1) is 25.0. The number of nitrogens with zero attached hydrogens (tertiary/aromatic N) is 5. The van der Waals surface area contributed by atoms with E-state index in [9.17, 15) is 9.90 Å². The van der Waals surface area contributed by atoms with Crippen molar-refractivity contribution in [1.82, 2.24) is 25.1 Å². The van der Waals surface area contributed by atoms with Crippen LogP contribution in [0.5, 0.6) is 5.75 Å². The number of fused-ring (bicyclic) bond motifs is 4. The molecule has 8 rings (SSSR count). The quantitative estimate of drug-likeness (QED) is 0.144. The molecule has 2 aromatic heterocycles. The molecule has 2 saturated heterocycles. The van der Waals surface area contributed by atoms with E-state index in [0.29, 0.717) is 46.9 Å². The molecule has 3 aromatic carbocycles. The van der Waals surface area contributed by atoms with Crippen molar-refractivity contribution in [3.8, 4) is 29.2 Å². The second-order valence-electron chi connectivity index (χ2n) is 15.0. The highest BCUT2D eigenvalue weighted by molar-refractivity contribution is 6.06. The number of rotatable bonds is 9. The zero-order valence-corrected chi connectivity index (χ0v) is 29.8. The number of carbonyl (C=O) groups excluding carboxylic acids is 1. The lowest BCUT2D eigenvalue weighted by Gasteiger charge is -2.36. The molecule has 3 N–H and O–H groups in total. The molecule has 12 heteroatoms. The number of amides is 1. The number of hydrogen-bond acceptors (Lipinski definition) is 9. The van der Waals surface area contributed by atoms with Crippen molar-refractivity contribution < 1.29 is 23.8 Å². The number of aliphatic hydroxyl groups is 1. The first-order valence-corrected chi connectivity index (χ1v) is 17.8. The third-order valence-electron chi connectivity index (χ3n) is 10.2. The molecule has 0 spiro atoms. The normalized spacial score (nSPS) is 18.3. The van der Waals surface area contributed by atoms with Gasteiger partial charge in [0.2, 0.25) is 5.95 Å². The van der Waals surface area contributed by atoms with Crippen molar-refractivity contribution in [2.45, 2.75) is 77.2 Å². The predicted molar refractivity (Wildman–Crippen MR) is 198 cm³/mol. The van der Waals surface area contributed by atoms with Gasteiger partial charge in [0.25, 0.3) is 0 Å². The zero-order valence-electron chi connectivity index (χ0n) is 29.8. The standard InChI is InChI=1S/C40H42FN7O4/c1-6-23-7-9-24(10-8-23)21-51-36-34(33-22(2)31(41)17-32-30(33)18-43-46-32)28(25-11-12-25)16-29-35(36)44-38(42-13-14-49)45-37(29)47-19-27-15-26(47)20-48(27)39(50)52-40(3,4)5/h1,7-10,16-18,25-27,49H,11-15,19-21H2,2-5H3,(H,43,46)(H,42,44,45)/t26-,27-/m0/s1. The summed E-state index contributed by atoms with van der Waals surface area (Å²) in [5, 5.41) is 21.8. The lowest BCUT2D eigenvalue weighted by atomic mass is 9.88. The molecular weight excluding hydrogens is 661 g/mol. The minimum Gasteiger partial charge on any atom is -0.486 e. The monoisotopic (exact) mass is 703 g/mol. The number of anilines is 2. The van der Waals surface area contributed by atoms with Crippen LogP contribution >= 0.6 is 0 Å². The molecule has 3 aliphatic rings. The SMILES string of the molecule is C#Cc1ccc(COc2c(-c3c(C)c(F)cc4[nH]ncc34)c(C3CC3)cc3c(N4C[C@@H]5C[C@H]4CN5C(=O)OC(C)(C)C)nc(NCCO)nc23)cc1. The van der Waals surface area contributed by atoms with E-state index < -0.39 is 5.60 Å². The molecule has 11 nitrogen and oxygen atoms in total. The summed E-state index contributed by atoms with van der Waals surface area (Å²) in [5.41, 5.74) is 5.28. The number of aromatic amines is 1. The third-order valence-corrected chi connectivity index (χ3v) is 10.2. The van der Waals surface area contributed by atoms with Gasteiger partial charge in [0, 0.05) is 47.1 Å². The maximum absolute atomic E-state index is 15.7. The van der Waals surface area contributed by atoms with Crippen molar-refractivity contribution in [2.24, 2.45) is 0 Å². The van der Waals surface area contributed by atoms with Gasteiger partial charge < -0.3 is 29.7 Å². The Morgan fingerprint density at radius 3 is 2.58 bits per heavy atom. The number of likely N-dealkylation sites (tertiary alicyclic amines) is 1. The average Bonchev–Trinajstić information content (AvgIpc) is 3.51. The Bertz CT molecular complexity index is 2240. The molecule has 1 aliphatic carbocycles. The largest absolute Gasteiger partial charge is 0.486 e. The van der Waals surface area contributed by atoms with Gasteiger partial charge in [0.1, 0.15) is 29.4 Å². The van der Waals surface area contributed by atoms with Crippen LogP contribution in [0.1, 0.15) is 68.2 Å². The van der Waals surface area contributed by atoms with E-state index in [2.05, 4.69) is 32.4 Å². The lowest BCUT2D eigenvalue weighted by Crippen LogP contribution is -2.50. The van der Waals surface area contributed by atoms with Gasteiger partial charge in [-0.05, 0) is 93.8 Å². The van der Waals surface area contributed by atoms with Crippen LogP contribution in [-0.4, -0.2) is 80.2 Å². The summed E-state index contributed by atoms with van der Waals surface area (Å²) in [5.74, 6) is 4.13. The summed E-state index contributed by atoms with van der Waals surface area (Å²) in [7, 11) is 0. The minimum atomic E-state index is -0.590. The van der Waals surface area contributed by atoms with E-state index in [1.54, 1.807) is 13.1 Å². The van der Waals surface area contributed by atoms with E-state index in [1.165, 1.54) is 6.07 Å². The summed E-state index contributed by atoms with van der Waals surface area (Å²) in [6, 6.07) is 11.3. The molecule has 52 heavy (non-hydrogen) atoms. The van der Waals surface area contributed by atoms with E-state index >= 15 is 4.39 Å². The fourth-order valence-corrected chi connectivity index (χ4v) is 7.63. The maximum atomic E-state index is 15.7. The summed E-state index contributed by atoms with van der Waals surface area (Å²) in [4.78, 5) is 27.3. The Labute approximate surface area is 301 Å². The Hall–Kier alpha value is -5.41. The summed E-state index contributed by atoms with van der Waals surface area (Å²) < 4.78 is 28.3. The van der Waals surface area contributed by atoms with E-state index in [4.69, 9.17) is 25.9 Å². The maximum Gasteiger partial charge on any atom is 0.410 e. The van der Waals surface area contributed by atoms with Gasteiger partial charge in [0.05, 0.1) is 30.4 Å². The number of benzene rings is 3. The van der Waals surface area contributed by atoms with Crippen molar-refractivity contribution >= 4 is 39.7 Å². The molecule has 4 heterocycles. The summed E-state index contributed by atoms with van der Waals surface area (Å²) in [6.07, 6.45) is 9.81. The number of nitrogens with one attached hydrogen (secondary N) is 2. The predicted octanol–water partition coefficient (Wildman–Crippen LogP) is 6.66. The molecule has 2 aliphatic heterocycles. The van der Waals surface area contributed by atoms with Gasteiger partial charge >= 0.3 is 6.09 Å². The van der Waals surface area contributed by atoms with Crippen molar-refractivity contribution in [3.05, 3.63) is 70.7 Å². The van der Waals surface area contributed by atoms with Crippen LogP contribution in [0, 0.1) is 25.1 Å². The molecule has 2 atom stereocenters. The fraction of sp³-hybridized carbons (Fsp3) is 0.400. The van der Waals surface area contributed by atoms with Gasteiger partial charge in [-0.1, -0.05) is 18.1 Å². The van der Waals surface area contributed by atoms with Gasteiger partial charge in [0.15, 0.2) is 5.75 Å². The summed E-state index contributed by atoms with van der Waals surface area (Å²) >= 11 is 0. The number of hydrogen-bond donors (Lipinski definition) is 3. The number of aromatic nitrogens is 4. The number of aliphatic hydroxyl groups excluding tert-OH is 1. The van der Waals surface area contributed by atoms with Gasteiger partial charge in [-0.15, -0.1) is 6.42 Å². The van der Waals surface area contributed by atoms with Crippen LogP contribution < -0.4 is 15.0 Å². The van der Waals surface area contributed by atoms with Crippen LogP contribution in [0.25, 0.3) is 32.9 Å². The highest BCUT2D eigenvalue weighted by atomic mass is 19.1. The van der Waals surface area contributed by atoms with Gasteiger partial charge in [-0.25, -0.2) is 14.2 Å². The highest BCUT2D eigenvalue weighted by Crippen LogP contribution is 2.53.